The molecule has 1 aliphatic heterocycles. The highest BCUT2D eigenvalue weighted by atomic mass is 16.2. The first-order chi connectivity index (χ1) is 8.22. The van der Waals surface area contributed by atoms with Gasteiger partial charge in [-0.3, -0.25) is 9.69 Å². The second kappa shape index (κ2) is 5.85. The number of carbonyl (C=O) groups excluding carboxylic acids is 1. The minimum atomic E-state index is 0.202. The zero-order chi connectivity index (χ0) is 12.3. The maximum absolute atomic E-state index is 12.1. The number of rotatable bonds is 3. The fourth-order valence-corrected chi connectivity index (χ4v) is 3.06. The molecule has 0 radical (unpaired) electrons. The molecule has 2 rings (SSSR count). The van der Waals surface area contributed by atoms with Crippen molar-refractivity contribution in [1.82, 2.24) is 9.80 Å². The number of nitrogens with zero attached hydrogens (tertiary/aromatic N) is 2. The van der Waals surface area contributed by atoms with Crippen LogP contribution in [0.25, 0.3) is 0 Å². The van der Waals surface area contributed by atoms with Crippen molar-refractivity contribution in [2.45, 2.75) is 52.0 Å². The van der Waals surface area contributed by atoms with E-state index in [9.17, 15) is 4.79 Å². The van der Waals surface area contributed by atoms with E-state index >= 15 is 0 Å². The van der Waals surface area contributed by atoms with Crippen LogP contribution in [0, 0.1) is 5.92 Å². The summed E-state index contributed by atoms with van der Waals surface area (Å²) in [5.74, 6) is 0.562. The van der Waals surface area contributed by atoms with Gasteiger partial charge >= 0.3 is 0 Å². The van der Waals surface area contributed by atoms with E-state index in [1.165, 1.54) is 25.7 Å². The minimum Gasteiger partial charge on any atom is -0.340 e. The molecule has 1 unspecified atom stereocenters. The summed E-state index contributed by atoms with van der Waals surface area (Å²) in [4.78, 5) is 16.7. The molecular formula is C14H26N2O. The second-order valence-corrected chi connectivity index (χ2v) is 5.61. The molecule has 0 bridgehead atoms. The molecule has 0 N–H and O–H groups in total. The van der Waals surface area contributed by atoms with Crippen molar-refractivity contribution in [2.24, 2.45) is 5.92 Å². The highest BCUT2D eigenvalue weighted by molar-refractivity contribution is 5.78. The quantitative estimate of drug-likeness (QED) is 0.752. The van der Waals surface area contributed by atoms with E-state index in [0.29, 0.717) is 5.91 Å². The summed E-state index contributed by atoms with van der Waals surface area (Å²) >= 11 is 0. The van der Waals surface area contributed by atoms with E-state index in [0.717, 1.165) is 38.6 Å². The van der Waals surface area contributed by atoms with Gasteiger partial charge in [-0.2, -0.15) is 0 Å². The van der Waals surface area contributed by atoms with Crippen molar-refractivity contribution >= 4 is 5.91 Å². The molecule has 1 aliphatic carbocycles. The maximum Gasteiger partial charge on any atom is 0.225 e. The van der Waals surface area contributed by atoms with Gasteiger partial charge in [-0.1, -0.05) is 26.7 Å². The first-order valence-electron chi connectivity index (χ1n) is 7.25. The Morgan fingerprint density at radius 2 is 1.76 bits per heavy atom. The van der Waals surface area contributed by atoms with Crippen LogP contribution in [0.4, 0.5) is 0 Å². The van der Waals surface area contributed by atoms with Crippen molar-refractivity contribution in [3.8, 4) is 0 Å². The van der Waals surface area contributed by atoms with Gasteiger partial charge in [0.05, 0.1) is 0 Å². The van der Waals surface area contributed by atoms with E-state index in [1.807, 2.05) is 6.92 Å². The number of amides is 1. The maximum atomic E-state index is 12.1. The summed E-state index contributed by atoms with van der Waals surface area (Å²) in [7, 11) is 0. The molecule has 0 spiro atoms. The standard InChI is InChI=1S/C14H26N2O/c1-3-12(2)14(17)16-10-8-15(9-11-16)13-6-4-5-7-13/h12-13H,3-11H2,1-2H3. The van der Waals surface area contributed by atoms with Crippen LogP contribution in [-0.4, -0.2) is 47.9 Å². The summed E-state index contributed by atoms with van der Waals surface area (Å²) in [5, 5.41) is 0. The van der Waals surface area contributed by atoms with Crippen LogP contribution in [0.3, 0.4) is 0 Å². The first kappa shape index (κ1) is 12.9. The van der Waals surface area contributed by atoms with Crippen LogP contribution in [0.2, 0.25) is 0 Å². The van der Waals surface area contributed by atoms with E-state index in [2.05, 4.69) is 16.7 Å². The third kappa shape index (κ3) is 3.01. The lowest BCUT2D eigenvalue weighted by molar-refractivity contribution is -0.137. The van der Waals surface area contributed by atoms with E-state index < -0.39 is 0 Å². The van der Waals surface area contributed by atoms with Crippen LogP contribution < -0.4 is 0 Å². The normalized spacial score (nSPS) is 25.2. The van der Waals surface area contributed by atoms with Crippen molar-refractivity contribution in [1.29, 1.82) is 0 Å². The Morgan fingerprint density at radius 3 is 2.29 bits per heavy atom. The van der Waals surface area contributed by atoms with Crippen LogP contribution in [0.1, 0.15) is 46.0 Å². The summed E-state index contributed by atoms with van der Waals surface area (Å²) in [6.07, 6.45) is 6.51. The summed E-state index contributed by atoms with van der Waals surface area (Å²) in [6.45, 7) is 8.21. The zero-order valence-electron chi connectivity index (χ0n) is 11.3. The summed E-state index contributed by atoms with van der Waals surface area (Å²) in [6, 6.07) is 0.816. The largest absolute Gasteiger partial charge is 0.340 e. The number of hydrogen-bond donors (Lipinski definition) is 0. The molecule has 3 nitrogen and oxygen atoms in total. The molecule has 98 valence electrons. The zero-order valence-corrected chi connectivity index (χ0v) is 11.3. The van der Waals surface area contributed by atoms with Gasteiger partial charge in [-0.25, -0.2) is 0 Å². The highest BCUT2D eigenvalue weighted by Crippen LogP contribution is 2.24. The van der Waals surface area contributed by atoms with Crippen LogP contribution in [0.15, 0.2) is 0 Å². The molecular weight excluding hydrogens is 212 g/mol. The molecule has 1 saturated carbocycles. The molecule has 1 amide bonds. The predicted molar refractivity (Wildman–Crippen MR) is 69.9 cm³/mol. The van der Waals surface area contributed by atoms with E-state index in [1.54, 1.807) is 0 Å². The Balaban J connectivity index is 1.79. The number of hydrogen-bond acceptors (Lipinski definition) is 2. The van der Waals surface area contributed by atoms with Crippen molar-refractivity contribution in [3.05, 3.63) is 0 Å². The van der Waals surface area contributed by atoms with Crippen molar-refractivity contribution < 1.29 is 4.79 Å². The summed E-state index contributed by atoms with van der Waals surface area (Å²) in [5.41, 5.74) is 0. The Kier molecular flexibility index (Phi) is 4.43. The van der Waals surface area contributed by atoms with Gasteiger partial charge in [-0.15, -0.1) is 0 Å². The van der Waals surface area contributed by atoms with Crippen LogP contribution >= 0.6 is 0 Å². The fourth-order valence-electron chi connectivity index (χ4n) is 3.06. The Bertz CT molecular complexity index is 253. The summed E-state index contributed by atoms with van der Waals surface area (Å²) < 4.78 is 0. The monoisotopic (exact) mass is 238 g/mol. The number of carbonyl (C=O) groups is 1. The van der Waals surface area contributed by atoms with Crippen LogP contribution in [0.5, 0.6) is 0 Å². The topological polar surface area (TPSA) is 23.6 Å². The minimum absolute atomic E-state index is 0.202. The fraction of sp³-hybridized carbons (Fsp3) is 0.929. The Morgan fingerprint density at radius 1 is 1.18 bits per heavy atom. The lowest BCUT2D eigenvalue weighted by Crippen LogP contribution is -2.52. The van der Waals surface area contributed by atoms with E-state index in [4.69, 9.17) is 0 Å². The van der Waals surface area contributed by atoms with Gasteiger partial charge in [0.1, 0.15) is 0 Å². The van der Waals surface area contributed by atoms with Crippen molar-refractivity contribution in [3.63, 3.8) is 0 Å². The third-order valence-corrected chi connectivity index (χ3v) is 4.50. The molecule has 1 atom stereocenters. The molecule has 0 aromatic rings. The number of piperazine rings is 1. The molecule has 2 aliphatic rings. The van der Waals surface area contributed by atoms with Gasteiger partial charge in [0.25, 0.3) is 0 Å². The van der Waals surface area contributed by atoms with E-state index in [-0.39, 0.29) is 5.92 Å². The molecule has 1 saturated heterocycles. The van der Waals surface area contributed by atoms with Gasteiger partial charge in [0.2, 0.25) is 5.91 Å². The van der Waals surface area contributed by atoms with Gasteiger partial charge < -0.3 is 4.90 Å². The highest BCUT2D eigenvalue weighted by Gasteiger charge is 2.28. The first-order valence-corrected chi connectivity index (χ1v) is 7.25. The van der Waals surface area contributed by atoms with Gasteiger partial charge in [0.15, 0.2) is 0 Å². The molecule has 2 fully saturated rings. The SMILES string of the molecule is CCC(C)C(=O)N1CCN(C2CCCC2)CC1. The third-order valence-electron chi connectivity index (χ3n) is 4.50. The molecule has 3 heteroatoms. The molecule has 17 heavy (non-hydrogen) atoms. The average Bonchev–Trinajstić information content (AvgIpc) is 2.91. The van der Waals surface area contributed by atoms with Crippen molar-refractivity contribution in [2.75, 3.05) is 26.2 Å². The molecule has 0 aromatic heterocycles. The lowest BCUT2D eigenvalue weighted by Gasteiger charge is -2.38. The molecule has 0 aromatic carbocycles. The predicted octanol–water partition coefficient (Wildman–Crippen LogP) is 2.12. The van der Waals surface area contributed by atoms with Crippen LogP contribution in [-0.2, 0) is 4.79 Å². The van der Waals surface area contributed by atoms with Gasteiger partial charge in [0, 0.05) is 38.1 Å². The average molecular weight is 238 g/mol. The second-order valence-electron chi connectivity index (χ2n) is 5.61. The Hall–Kier alpha value is -0.570. The smallest absolute Gasteiger partial charge is 0.225 e. The Labute approximate surface area is 105 Å². The van der Waals surface area contributed by atoms with Gasteiger partial charge in [-0.05, 0) is 19.3 Å². The lowest BCUT2D eigenvalue weighted by atomic mass is 10.1. The molecule has 1 heterocycles.